The Labute approximate surface area is 264 Å². The summed E-state index contributed by atoms with van der Waals surface area (Å²) in [4.78, 5) is 103. The standard InChI is InChI=1S/C32H21N7O8/c40-25(34-38-29(44)27(42)36(31(38)46)21-9-3-1-4-10-21)19-15-17-20(18-16-19)33-24-14-8-7-13-23(24)26(41)35-39-30(45)28(43)37(32(39)47)22-11-5-2-6-12-22/h1-18,33H,(H,34,40)(H,35,41). The highest BCUT2D eigenvalue weighted by Gasteiger charge is 2.48. The second-order valence-electron chi connectivity index (χ2n) is 9.93. The molecule has 0 radical (unpaired) electrons. The monoisotopic (exact) mass is 631 g/mol. The van der Waals surface area contributed by atoms with E-state index in [-0.39, 0.29) is 28.2 Å². The van der Waals surface area contributed by atoms with Gasteiger partial charge >= 0.3 is 35.7 Å². The van der Waals surface area contributed by atoms with Crippen LogP contribution in [0.5, 0.6) is 0 Å². The van der Waals surface area contributed by atoms with Gasteiger partial charge in [0.1, 0.15) is 0 Å². The van der Waals surface area contributed by atoms with Crippen molar-refractivity contribution in [2.75, 3.05) is 15.1 Å². The van der Waals surface area contributed by atoms with Crippen molar-refractivity contribution in [3.63, 3.8) is 0 Å². The highest BCUT2D eigenvalue weighted by molar-refractivity contribution is 6.53. The van der Waals surface area contributed by atoms with Gasteiger partial charge in [0.2, 0.25) is 0 Å². The molecule has 0 spiro atoms. The van der Waals surface area contributed by atoms with Gasteiger partial charge in [0.15, 0.2) is 0 Å². The van der Waals surface area contributed by atoms with Crippen molar-refractivity contribution in [2.45, 2.75) is 0 Å². The fraction of sp³-hybridized carbons (Fsp3) is 0. The number of anilines is 4. The normalized spacial score (nSPS) is 14.6. The number of hydrogen-bond acceptors (Lipinski definition) is 9. The zero-order valence-electron chi connectivity index (χ0n) is 23.9. The first-order chi connectivity index (χ1) is 22.7. The van der Waals surface area contributed by atoms with Crippen LogP contribution < -0.4 is 26.0 Å². The summed E-state index contributed by atoms with van der Waals surface area (Å²) in [5, 5.41) is 3.67. The van der Waals surface area contributed by atoms with Crippen molar-refractivity contribution in [1.29, 1.82) is 0 Å². The predicted octanol–water partition coefficient (Wildman–Crippen LogP) is 2.71. The molecule has 15 heteroatoms. The van der Waals surface area contributed by atoms with Crippen molar-refractivity contribution in [1.82, 2.24) is 20.9 Å². The second-order valence-corrected chi connectivity index (χ2v) is 9.93. The minimum Gasteiger partial charge on any atom is -0.355 e. The summed E-state index contributed by atoms with van der Waals surface area (Å²) in [6.45, 7) is 0. The maximum absolute atomic E-state index is 13.2. The molecule has 0 atom stereocenters. The van der Waals surface area contributed by atoms with Gasteiger partial charge in [0.25, 0.3) is 11.8 Å². The molecule has 4 aromatic rings. The van der Waals surface area contributed by atoms with Gasteiger partial charge < -0.3 is 5.32 Å². The number of rotatable bonds is 8. The molecule has 2 heterocycles. The molecule has 0 aromatic heterocycles. The molecule has 47 heavy (non-hydrogen) atoms. The number of nitrogens with zero attached hydrogens (tertiary/aromatic N) is 4. The van der Waals surface area contributed by atoms with E-state index in [1.54, 1.807) is 54.6 Å². The lowest BCUT2D eigenvalue weighted by molar-refractivity contribution is -0.140. The van der Waals surface area contributed by atoms with Gasteiger partial charge in [-0.25, -0.2) is 19.4 Å². The molecule has 0 aliphatic carbocycles. The quantitative estimate of drug-likeness (QED) is 0.194. The number of carbonyl (C=O) groups excluding carboxylic acids is 8. The number of amides is 10. The van der Waals surface area contributed by atoms with Crippen LogP contribution in [-0.4, -0.2) is 57.5 Å². The van der Waals surface area contributed by atoms with E-state index in [0.29, 0.717) is 25.5 Å². The fourth-order valence-electron chi connectivity index (χ4n) is 4.72. The van der Waals surface area contributed by atoms with Crippen LogP contribution >= 0.6 is 0 Å². The summed E-state index contributed by atoms with van der Waals surface area (Å²) in [6, 6.07) is 25.3. The first-order valence-corrected chi connectivity index (χ1v) is 13.8. The molecule has 4 aromatic carbocycles. The molecule has 6 rings (SSSR count). The van der Waals surface area contributed by atoms with Gasteiger partial charge in [-0.3, -0.25) is 39.6 Å². The maximum atomic E-state index is 13.2. The smallest absolute Gasteiger partial charge is 0.355 e. The number of hydrazine groups is 2. The van der Waals surface area contributed by atoms with Crippen LogP contribution in [0.2, 0.25) is 0 Å². The largest absolute Gasteiger partial charge is 0.358 e. The number of nitrogens with one attached hydrogen (secondary N) is 3. The molecule has 15 nitrogen and oxygen atoms in total. The minimum absolute atomic E-state index is 0.0132. The molecule has 0 saturated carbocycles. The van der Waals surface area contributed by atoms with E-state index in [0.717, 1.165) is 0 Å². The molecular formula is C32H21N7O8. The molecule has 2 fully saturated rings. The van der Waals surface area contributed by atoms with Crippen molar-refractivity contribution in [3.8, 4) is 0 Å². The molecule has 2 aliphatic heterocycles. The molecule has 10 amide bonds. The highest BCUT2D eigenvalue weighted by Crippen LogP contribution is 2.25. The lowest BCUT2D eigenvalue weighted by Gasteiger charge is -2.18. The Balaban J connectivity index is 1.12. The Bertz CT molecular complexity index is 1980. The predicted molar refractivity (Wildman–Crippen MR) is 163 cm³/mol. The zero-order chi connectivity index (χ0) is 33.2. The molecule has 3 N–H and O–H groups in total. The second kappa shape index (κ2) is 12.1. The third kappa shape index (κ3) is 5.51. The van der Waals surface area contributed by atoms with Crippen molar-refractivity contribution in [2.24, 2.45) is 0 Å². The summed E-state index contributed by atoms with van der Waals surface area (Å²) >= 11 is 0. The minimum atomic E-state index is -1.24. The molecule has 0 unspecified atom stereocenters. The summed E-state index contributed by atoms with van der Waals surface area (Å²) in [7, 11) is 0. The SMILES string of the molecule is O=C(NN1C(=O)C(=O)N(c2ccccc2)C1=O)c1ccc(Nc2ccccc2C(=O)NN2C(=O)C(=O)N(c3ccccc3)C2=O)cc1. The van der Waals surface area contributed by atoms with Gasteiger partial charge in [-0.05, 0) is 60.7 Å². The van der Waals surface area contributed by atoms with Crippen LogP contribution in [0.25, 0.3) is 0 Å². The van der Waals surface area contributed by atoms with Crippen LogP contribution in [-0.2, 0) is 19.2 Å². The molecule has 2 aliphatic rings. The molecule has 0 bridgehead atoms. The van der Waals surface area contributed by atoms with Gasteiger partial charge in [-0.15, -0.1) is 0 Å². The topological polar surface area (TPSA) is 186 Å². The number of imide groups is 4. The Morgan fingerprint density at radius 3 is 1.43 bits per heavy atom. The van der Waals surface area contributed by atoms with E-state index < -0.39 is 47.5 Å². The summed E-state index contributed by atoms with van der Waals surface area (Å²) in [5.74, 6) is -6.43. The Morgan fingerprint density at radius 1 is 0.468 bits per heavy atom. The van der Waals surface area contributed by atoms with Crippen LogP contribution in [0.3, 0.4) is 0 Å². The first-order valence-electron chi connectivity index (χ1n) is 13.8. The van der Waals surface area contributed by atoms with Crippen molar-refractivity contribution in [3.05, 3.63) is 120 Å². The van der Waals surface area contributed by atoms with Crippen molar-refractivity contribution >= 4 is 70.3 Å². The summed E-state index contributed by atoms with van der Waals surface area (Å²) < 4.78 is 0. The van der Waals surface area contributed by atoms with Gasteiger partial charge in [0.05, 0.1) is 22.6 Å². The number of urea groups is 2. The average Bonchev–Trinajstić information content (AvgIpc) is 3.43. The van der Waals surface area contributed by atoms with E-state index in [4.69, 9.17) is 0 Å². The Kier molecular flexibility index (Phi) is 7.69. The van der Waals surface area contributed by atoms with E-state index in [1.807, 2.05) is 0 Å². The maximum Gasteiger partial charge on any atom is 0.358 e. The summed E-state index contributed by atoms with van der Waals surface area (Å²) in [6.07, 6.45) is 0. The van der Waals surface area contributed by atoms with Crippen molar-refractivity contribution < 1.29 is 38.4 Å². The first kappa shape index (κ1) is 29.9. The fourth-order valence-corrected chi connectivity index (χ4v) is 4.72. The number of para-hydroxylation sites is 3. The van der Waals surface area contributed by atoms with Crippen LogP contribution in [0.15, 0.2) is 109 Å². The number of benzene rings is 4. The Morgan fingerprint density at radius 2 is 0.915 bits per heavy atom. The third-order valence-corrected chi connectivity index (χ3v) is 7.00. The number of carbonyl (C=O) groups is 8. The summed E-state index contributed by atoms with van der Waals surface area (Å²) in [5.41, 5.74) is 5.36. The lowest BCUT2D eigenvalue weighted by atomic mass is 10.1. The molecule has 2 saturated heterocycles. The highest BCUT2D eigenvalue weighted by atomic mass is 16.3. The van der Waals surface area contributed by atoms with Crippen LogP contribution in [0.4, 0.5) is 32.3 Å². The zero-order valence-corrected chi connectivity index (χ0v) is 23.9. The van der Waals surface area contributed by atoms with Gasteiger partial charge in [-0.2, -0.15) is 10.0 Å². The van der Waals surface area contributed by atoms with E-state index >= 15 is 0 Å². The Hall–Kier alpha value is -7.16. The van der Waals surface area contributed by atoms with E-state index in [9.17, 15) is 38.4 Å². The van der Waals surface area contributed by atoms with Gasteiger partial charge in [0, 0.05) is 11.3 Å². The van der Waals surface area contributed by atoms with E-state index in [1.165, 1.54) is 54.6 Å². The number of hydrogen-bond donors (Lipinski definition) is 3. The third-order valence-electron chi connectivity index (χ3n) is 7.00. The van der Waals surface area contributed by atoms with Crippen LogP contribution in [0.1, 0.15) is 20.7 Å². The van der Waals surface area contributed by atoms with Crippen LogP contribution in [0, 0.1) is 0 Å². The van der Waals surface area contributed by atoms with Gasteiger partial charge in [-0.1, -0.05) is 48.5 Å². The molecular weight excluding hydrogens is 610 g/mol. The lowest BCUT2D eigenvalue weighted by Crippen LogP contribution is -2.47. The molecule has 232 valence electrons. The van der Waals surface area contributed by atoms with E-state index in [2.05, 4.69) is 16.2 Å². The average molecular weight is 632 g/mol.